The molecule has 2 amide bonds. The van der Waals surface area contributed by atoms with Crippen molar-refractivity contribution < 1.29 is 9.53 Å². The number of hydrogen-bond acceptors (Lipinski definition) is 3. The molecule has 0 heterocycles. The summed E-state index contributed by atoms with van der Waals surface area (Å²) >= 11 is 0. The summed E-state index contributed by atoms with van der Waals surface area (Å²) in [6.07, 6.45) is 10.4. The van der Waals surface area contributed by atoms with Crippen molar-refractivity contribution in [2.75, 3.05) is 6.61 Å². The van der Waals surface area contributed by atoms with Gasteiger partial charge in [0.05, 0.1) is 12.3 Å². The number of benzene rings is 1. The molecule has 0 saturated carbocycles. The van der Waals surface area contributed by atoms with Gasteiger partial charge in [0.15, 0.2) is 0 Å². The Morgan fingerprint density at radius 1 is 1.04 bits per heavy atom. The summed E-state index contributed by atoms with van der Waals surface area (Å²) in [7, 11) is 0. The van der Waals surface area contributed by atoms with Gasteiger partial charge in [-0.1, -0.05) is 51.9 Å². The van der Waals surface area contributed by atoms with Crippen molar-refractivity contribution in [1.29, 1.82) is 0 Å². The maximum Gasteiger partial charge on any atom is 0.332 e. The molecule has 0 aliphatic carbocycles. The van der Waals surface area contributed by atoms with Gasteiger partial charge in [-0.15, -0.1) is 0 Å². The lowest BCUT2D eigenvalue weighted by molar-refractivity contribution is 0.249. The molecule has 1 aromatic rings. The molecule has 1 rings (SSSR count). The molecule has 0 aromatic heterocycles. The van der Waals surface area contributed by atoms with E-state index in [1.54, 1.807) is 0 Å². The molecule has 134 valence electrons. The van der Waals surface area contributed by atoms with Gasteiger partial charge in [-0.05, 0) is 43.2 Å². The van der Waals surface area contributed by atoms with Gasteiger partial charge < -0.3 is 10.5 Å². The van der Waals surface area contributed by atoms with Gasteiger partial charge in [0.25, 0.3) is 0 Å². The van der Waals surface area contributed by atoms with E-state index in [1.807, 2.05) is 31.2 Å². The summed E-state index contributed by atoms with van der Waals surface area (Å²) in [5, 5.41) is 3.90. The normalized spacial score (nSPS) is 11.3. The van der Waals surface area contributed by atoms with Crippen LogP contribution >= 0.6 is 0 Å². The molecule has 5 nitrogen and oxygen atoms in total. The van der Waals surface area contributed by atoms with Gasteiger partial charge in [0, 0.05) is 0 Å². The highest BCUT2D eigenvalue weighted by Crippen LogP contribution is 2.14. The summed E-state index contributed by atoms with van der Waals surface area (Å²) in [6.45, 7) is 4.81. The first-order chi connectivity index (χ1) is 11.6. The summed E-state index contributed by atoms with van der Waals surface area (Å²) < 4.78 is 5.75. The molecule has 0 atom stereocenters. The number of unbranched alkanes of at least 4 members (excludes halogenated alkanes) is 7. The van der Waals surface area contributed by atoms with E-state index >= 15 is 0 Å². The van der Waals surface area contributed by atoms with Crippen LogP contribution in [0.25, 0.3) is 0 Å². The van der Waals surface area contributed by atoms with E-state index in [0.717, 1.165) is 24.3 Å². The lowest BCUT2D eigenvalue weighted by Crippen LogP contribution is -2.25. The van der Waals surface area contributed by atoms with Crippen molar-refractivity contribution >= 4 is 11.7 Å². The predicted octanol–water partition coefficient (Wildman–Crippen LogP) is 4.60. The quantitative estimate of drug-likeness (QED) is 0.333. The van der Waals surface area contributed by atoms with Crippen LogP contribution in [0.4, 0.5) is 4.79 Å². The minimum atomic E-state index is -0.667. The van der Waals surface area contributed by atoms with Gasteiger partial charge in [-0.2, -0.15) is 5.10 Å². The standard InChI is InChI=1S/C19H31N3O2/c1-3-4-5-6-7-8-9-10-15-24-18-13-11-17(12-14-18)16(2)21-22-19(20)23/h11-14H,3-10,15H2,1-2H3,(H3,20,22,23)/b21-16-. The van der Waals surface area contributed by atoms with Gasteiger partial charge in [0.1, 0.15) is 5.75 Å². The van der Waals surface area contributed by atoms with E-state index in [-0.39, 0.29) is 0 Å². The average Bonchev–Trinajstić information content (AvgIpc) is 2.58. The number of amides is 2. The third kappa shape index (κ3) is 9.18. The maximum absolute atomic E-state index is 10.6. The third-order valence-corrected chi connectivity index (χ3v) is 3.87. The number of rotatable bonds is 12. The topological polar surface area (TPSA) is 76.7 Å². The van der Waals surface area contributed by atoms with Crippen LogP contribution in [0.1, 0.15) is 70.8 Å². The molecule has 0 aliphatic rings. The second-order valence-corrected chi connectivity index (χ2v) is 6.02. The van der Waals surface area contributed by atoms with E-state index < -0.39 is 6.03 Å². The predicted molar refractivity (Wildman–Crippen MR) is 99.5 cm³/mol. The number of nitrogens with one attached hydrogen (secondary N) is 1. The zero-order chi connectivity index (χ0) is 17.6. The van der Waals surface area contributed by atoms with Crippen LogP contribution in [0.2, 0.25) is 0 Å². The van der Waals surface area contributed by atoms with Crippen LogP contribution in [0.3, 0.4) is 0 Å². The van der Waals surface area contributed by atoms with E-state index in [2.05, 4.69) is 17.5 Å². The average molecular weight is 333 g/mol. The molecule has 0 bridgehead atoms. The van der Waals surface area contributed by atoms with Crippen LogP contribution in [0, 0.1) is 0 Å². The second-order valence-electron chi connectivity index (χ2n) is 6.02. The van der Waals surface area contributed by atoms with Crippen molar-refractivity contribution in [3.05, 3.63) is 29.8 Å². The Balaban J connectivity index is 2.18. The minimum absolute atomic E-state index is 0.667. The van der Waals surface area contributed by atoms with Crippen LogP contribution < -0.4 is 15.9 Å². The molecule has 0 aliphatic heterocycles. The van der Waals surface area contributed by atoms with Crippen LogP contribution in [-0.2, 0) is 0 Å². The maximum atomic E-state index is 10.6. The summed E-state index contributed by atoms with van der Waals surface area (Å²) in [4.78, 5) is 10.6. The molecule has 0 fully saturated rings. The Bertz CT molecular complexity index is 498. The highest BCUT2D eigenvalue weighted by Gasteiger charge is 2.00. The lowest BCUT2D eigenvalue weighted by atomic mass is 10.1. The van der Waals surface area contributed by atoms with Crippen molar-refractivity contribution in [1.82, 2.24) is 5.43 Å². The number of carbonyl (C=O) groups is 1. The molecule has 0 saturated heterocycles. The number of hydrogen-bond donors (Lipinski definition) is 2. The smallest absolute Gasteiger partial charge is 0.332 e. The van der Waals surface area contributed by atoms with Crippen LogP contribution in [0.5, 0.6) is 5.75 Å². The molecule has 1 aromatic carbocycles. The van der Waals surface area contributed by atoms with E-state index in [0.29, 0.717) is 5.71 Å². The van der Waals surface area contributed by atoms with Gasteiger partial charge >= 0.3 is 6.03 Å². The molecule has 0 spiro atoms. The van der Waals surface area contributed by atoms with Crippen molar-refractivity contribution in [2.24, 2.45) is 10.8 Å². The van der Waals surface area contributed by atoms with Gasteiger partial charge in [-0.25, -0.2) is 10.2 Å². The third-order valence-electron chi connectivity index (χ3n) is 3.87. The first-order valence-electron chi connectivity index (χ1n) is 8.96. The van der Waals surface area contributed by atoms with E-state index in [1.165, 1.54) is 44.9 Å². The van der Waals surface area contributed by atoms with Crippen LogP contribution in [0.15, 0.2) is 29.4 Å². The number of carbonyl (C=O) groups excluding carboxylic acids is 1. The minimum Gasteiger partial charge on any atom is -0.494 e. The molecular formula is C19H31N3O2. The first-order valence-corrected chi connectivity index (χ1v) is 8.96. The number of ether oxygens (including phenoxy) is 1. The summed E-state index contributed by atoms with van der Waals surface area (Å²) in [6, 6.07) is 7.02. The lowest BCUT2D eigenvalue weighted by Gasteiger charge is -2.07. The zero-order valence-electron chi connectivity index (χ0n) is 15.0. The van der Waals surface area contributed by atoms with Gasteiger partial charge in [0.2, 0.25) is 0 Å². The summed E-state index contributed by atoms with van der Waals surface area (Å²) in [5.74, 6) is 0.859. The number of hydrazone groups is 1. The van der Waals surface area contributed by atoms with Gasteiger partial charge in [-0.3, -0.25) is 0 Å². The number of nitrogens with zero attached hydrogens (tertiary/aromatic N) is 1. The molecule has 3 N–H and O–H groups in total. The fraction of sp³-hybridized carbons (Fsp3) is 0.579. The molecule has 5 heteroatoms. The monoisotopic (exact) mass is 333 g/mol. The molecular weight excluding hydrogens is 302 g/mol. The van der Waals surface area contributed by atoms with E-state index in [9.17, 15) is 4.79 Å². The first kappa shape index (κ1) is 20.0. The molecule has 0 radical (unpaired) electrons. The fourth-order valence-electron chi connectivity index (χ4n) is 2.42. The second kappa shape index (κ2) is 12.4. The highest BCUT2D eigenvalue weighted by molar-refractivity contribution is 5.99. The number of primary amides is 1. The Labute approximate surface area is 145 Å². The highest BCUT2D eigenvalue weighted by atomic mass is 16.5. The van der Waals surface area contributed by atoms with Crippen LogP contribution in [-0.4, -0.2) is 18.3 Å². The Morgan fingerprint density at radius 2 is 1.62 bits per heavy atom. The largest absolute Gasteiger partial charge is 0.494 e. The Hall–Kier alpha value is -2.04. The zero-order valence-corrected chi connectivity index (χ0v) is 15.0. The van der Waals surface area contributed by atoms with Crippen molar-refractivity contribution in [3.63, 3.8) is 0 Å². The fourth-order valence-corrected chi connectivity index (χ4v) is 2.42. The summed E-state index contributed by atoms with van der Waals surface area (Å²) in [5.41, 5.74) is 8.83. The Kier molecular flexibility index (Phi) is 10.3. The number of urea groups is 1. The molecule has 24 heavy (non-hydrogen) atoms. The number of nitrogens with two attached hydrogens (primary N) is 1. The molecule has 0 unspecified atom stereocenters. The van der Waals surface area contributed by atoms with E-state index in [4.69, 9.17) is 10.5 Å². The Morgan fingerprint density at radius 3 is 2.21 bits per heavy atom. The SMILES string of the molecule is CCCCCCCCCCOc1ccc(/C(C)=N\NC(N)=O)cc1. The van der Waals surface area contributed by atoms with Crippen molar-refractivity contribution in [2.45, 2.75) is 65.2 Å². The van der Waals surface area contributed by atoms with Crippen molar-refractivity contribution in [3.8, 4) is 5.75 Å².